The van der Waals surface area contributed by atoms with E-state index >= 15 is 0 Å². The van der Waals surface area contributed by atoms with Gasteiger partial charge in [0.15, 0.2) is 5.16 Å². The smallest absolute Gasteiger partial charge is 0.262 e. The number of para-hydroxylation sites is 1. The predicted octanol–water partition coefficient (Wildman–Crippen LogP) is 4.80. The van der Waals surface area contributed by atoms with E-state index in [-0.39, 0.29) is 17.5 Å². The first-order chi connectivity index (χ1) is 13.4. The van der Waals surface area contributed by atoms with Crippen molar-refractivity contribution < 1.29 is 4.79 Å². The average Bonchev–Trinajstić information content (AvgIpc) is 2.69. The van der Waals surface area contributed by atoms with E-state index in [0.29, 0.717) is 16.1 Å². The van der Waals surface area contributed by atoms with Crippen molar-refractivity contribution in [3.8, 4) is 0 Å². The Labute approximate surface area is 169 Å². The number of carbonyl (C=O) groups is 1. The number of thioether (sulfide) groups is 1. The van der Waals surface area contributed by atoms with Crippen LogP contribution in [-0.2, 0) is 4.79 Å². The highest BCUT2D eigenvalue weighted by Gasteiger charge is 2.21. The maximum atomic E-state index is 13.0. The van der Waals surface area contributed by atoms with Gasteiger partial charge in [0.05, 0.1) is 16.2 Å². The molecule has 3 rings (SSSR count). The summed E-state index contributed by atoms with van der Waals surface area (Å²) in [5, 5.41) is 3.70. The maximum Gasteiger partial charge on any atom is 0.262 e. The molecule has 3 aromatic rings. The van der Waals surface area contributed by atoms with E-state index in [0.717, 1.165) is 17.7 Å². The van der Waals surface area contributed by atoms with E-state index in [4.69, 9.17) is 4.98 Å². The average molecular weight is 396 g/mol. The molecule has 146 valence electrons. The van der Waals surface area contributed by atoms with E-state index in [1.165, 1.54) is 11.8 Å². The molecule has 0 fully saturated rings. The molecule has 0 aliphatic heterocycles. The molecule has 0 saturated carbocycles. The van der Waals surface area contributed by atoms with E-state index < -0.39 is 5.25 Å². The fourth-order valence-electron chi connectivity index (χ4n) is 2.87. The summed E-state index contributed by atoms with van der Waals surface area (Å²) in [5.41, 5.74) is 2.49. The molecule has 1 aromatic heterocycles. The Morgan fingerprint density at radius 3 is 2.50 bits per heavy atom. The van der Waals surface area contributed by atoms with Gasteiger partial charge in [-0.2, -0.15) is 0 Å². The number of fused-ring (bicyclic) bond motifs is 1. The number of benzene rings is 2. The van der Waals surface area contributed by atoms with Gasteiger partial charge in [-0.05, 0) is 51.5 Å². The fraction of sp³-hybridized carbons (Fsp3) is 0.318. The first-order valence-corrected chi connectivity index (χ1v) is 10.3. The van der Waals surface area contributed by atoms with Crippen molar-refractivity contribution >= 4 is 34.3 Å². The minimum absolute atomic E-state index is 0.000495. The Morgan fingerprint density at radius 1 is 1.14 bits per heavy atom. The van der Waals surface area contributed by atoms with Gasteiger partial charge in [0.2, 0.25) is 5.91 Å². The van der Waals surface area contributed by atoms with Crippen molar-refractivity contribution in [1.29, 1.82) is 0 Å². The summed E-state index contributed by atoms with van der Waals surface area (Å²) in [4.78, 5) is 30.4. The molecule has 2 atom stereocenters. The molecule has 28 heavy (non-hydrogen) atoms. The SMILES string of the molecule is CC[C@H](C)n1c(S[C@@H](C)C(=O)Nc2ccc(C)cc2)nc2ccccc2c1=O. The van der Waals surface area contributed by atoms with Crippen LogP contribution in [0.2, 0.25) is 0 Å². The van der Waals surface area contributed by atoms with Gasteiger partial charge in [-0.25, -0.2) is 4.98 Å². The largest absolute Gasteiger partial charge is 0.325 e. The Morgan fingerprint density at radius 2 is 1.82 bits per heavy atom. The number of rotatable bonds is 6. The molecule has 0 bridgehead atoms. The predicted molar refractivity (Wildman–Crippen MR) is 116 cm³/mol. The van der Waals surface area contributed by atoms with Crippen molar-refractivity contribution in [3.05, 3.63) is 64.4 Å². The van der Waals surface area contributed by atoms with Crippen LogP contribution in [0, 0.1) is 6.92 Å². The molecule has 0 aliphatic rings. The number of hydrogen-bond acceptors (Lipinski definition) is 4. The van der Waals surface area contributed by atoms with E-state index in [9.17, 15) is 9.59 Å². The number of hydrogen-bond donors (Lipinski definition) is 1. The summed E-state index contributed by atoms with van der Waals surface area (Å²) in [7, 11) is 0. The molecule has 0 unspecified atom stereocenters. The molecular weight excluding hydrogens is 370 g/mol. The lowest BCUT2D eigenvalue weighted by Crippen LogP contribution is -2.28. The molecular formula is C22H25N3O2S. The lowest BCUT2D eigenvalue weighted by Gasteiger charge is -2.20. The van der Waals surface area contributed by atoms with Crippen LogP contribution in [0.4, 0.5) is 5.69 Å². The van der Waals surface area contributed by atoms with Gasteiger partial charge in [-0.3, -0.25) is 14.2 Å². The summed E-state index contributed by atoms with van der Waals surface area (Å²) in [5.74, 6) is -0.119. The third-order valence-electron chi connectivity index (χ3n) is 4.78. The third kappa shape index (κ3) is 4.28. The zero-order chi connectivity index (χ0) is 20.3. The minimum Gasteiger partial charge on any atom is -0.325 e. The number of anilines is 1. The molecule has 1 heterocycles. The second-order valence-electron chi connectivity index (χ2n) is 6.96. The minimum atomic E-state index is -0.398. The Hall–Kier alpha value is -2.60. The molecule has 6 heteroatoms. The van der Waals surface area contributed by atoms with Crippen molar-refractivity contribution in [3.63, 3.8) is 0 Å². The van der Waals surface area contributed by atoms with Crippen molar-refractivity contribution in [2.24, 2.45) is 0 Å². The van der Waals surface area contributed by atoms with Crippen LogP contribution in [0.5, 0.6) is 0 Å². The molecule has 0 aliphatic carbocycles. The maximum absolute atomic E-state index is 13.0. The summed E-state index contributed by atoms with van der Waals surface area (Å²) >= 11 is 1.31. The van der Waals surface area contributed by atoms with Gasteiger partial charge in [-0.1, -0.05) is 48.5 Å². The number of nitrogens with zero attached hydrogens (tertiary/aromatic N) is 2. The van der Waals surface area contributed by atoms with Gasteiger partial charge < -0.3 is 5.32 Å². The lowest BCUT2D eigenvalue weighted by atomic mass is 10.2. The van der Waals surface area contributed by atoms with Crippen LogP contribution in [0.15, 0.2) is 58.5 Å². The normalized spacial score (nSPS) is 13.3. The number of nitrogens with one attached hydrogen (secondary N) is 1. The number of aryl methyl sites for hydroxylation is 1. The monoisotopic (exact) mass is 395 g/mol. The molecule has 0 saturated heterocycles. The highest BCUT2D eigenvalue weighted by molar-refractivity contribution is 8.00. The molecule has 1 N–H and O–H groups in total. The molecule has 2 aromatic carbocycles. The van der Waals surface area contributed by atoms with Crippen LogP contribution in [-0.4, -0.2) is 20.7 Å². The first-order valence-electron chi connectivity index (χ1n) is 9.46. The quantitative estimate of drug-likeness (QED) is 0.481. The van der Waals surface area contributed by atoms with E-state index in [1.807, 2.05) is 70.2 Å². The topological polar surface area (TPSA) is 64.0 Å². The second kappa shape index (κ2) is 8.61. The molecule has 5 nitrogen and oxygen atoms in total. The van der Waals surface area contributed by atoms with Crippen molar-refractivity contribution in [2.45, 2.75) is 50.6 Å². The zero-order valence-corrected chi connectivity index (χ0v) is 17.4. The fourth-order valence-corrected chi connectivity index (χ4v) is 3.88. The van der Waals surface area contributed by atoms with Crippen LogP contribution in [0.1, 0.15) is 38.8 Å². The highest BCUT2D eigenvalue weighted by atomic mass is 32.2. The summed E-state index contributed by atoms with van der Waals surface area (Å²) in [6.07, 6.45) is 0.803. The summed E-state index contributed by atoms with van der Waals surface area (Å²) in [6.45, 7) is 7.87. The van der Waals surface area contributed by atoms with E-state index in [2.05, 4.69) is 5.32 Å². The zero-order valence-electron chi connectivity index (χ0n) is 16.6. The lowest BCUT2D eigenvalue weighted by molar-refractivity contribution is -0.115. The Kier molecular flexibility index (Phi) is 6.19. The van der Waals surface area contributed by atoms with Gasteiger partial charge >= 0.3 is 0 Å². The van der Waals surface area contributed by atoms with E-state index in [1.54, 1.807) is 10.6 Å². The Balaban J connectivity index is 1.90. The number of carbonyl (C=O) groups excluding carboxylic acids is 1. The molecule has 1 amide bonds. The van der Waals surface area contributed by atoms with Gasteiger partial charge in [0.1, 0.15) is 0 Å². The van der Waals surface area contributed by atoms with Crippen molar-refractivity contribution in [1.82, 2.24) is 9.55 Å². The first kappa shape index (κ1) is 20.1. The summed E-state index contributed by atoms with van der Waals surface area (Å²) in [6, 6.07) is 15.0. The molecule has 0 spiro atoms. The third-order valence-corrected chi connectivity index (χ3v) is 5.84. The van der Waals surface area contributed by atoms with Gasteiger partial charge in [0.25, 0.3) is 5.56 Å². The molecule has 0 radical (unpaired) electrons. The highest BCUT2D eigenvalue weighted by Crippen LogP contribution is 2.26. The van der Waals surface area contributed by atoms with Gasteiger partial charge in [0, 0.05) is 11.7 Å². The van der Waals surface area contributed by atoms with Crippen LogP contribution in [0.25, 0.3) is 10.9 Å². The van der Waals surface area contributed by atoms with Crippen molar-refractivity contribution in [2.75, 3.05) is 5.32 Å². The number of aromatic nitrogens is 2. The second-order valence-corrected chi connectivity index (χ2v) is 8.27. The Bertz CT molecular complexity index is 1040. The van der Waals surface area contributed by atoms with Gasteiger partial charge in [-0.15, -0.1) is 0 Å². The van der Waals surface area contributed by atoms with Crippen LogP contribution in [0.3, 0.4) is 0 Å². The van der Waals surface area contributed by atoms with Crippen LogP contribution < -0.4 is 10.9 Å². The number of amides is 1. The van der Waals surface area contributed by atoms with Crippen LogP contribution >= 0.6 is 11.8 Å². The standard InChI is InChI=1S/C22H25N3O2S/c1-5-15(3)25-21(27)18-8-6-7-9-19(18)24-22(25)28-16(4)20(26)23-17-12-10-14(2)11-13-17/h6-13,15-16H,5H2,1-4H3,(H,23,26)/t15-,16-/m0/s1. The summed E-state index contributed by atoms with van der Waals surface area (Å²) < 4.78 is 1.71.